The fourth-order valence-corrected chi connectivity index (χ4v) is 4.35. The van der Waals surface area contributed by atoms with Crippen molar-refractivity contribution in [3.63, 3.8) is 0 Å². The molecule has 1 aliphatic heterocycles. The smallest absolute Gasteiger partial charge is 0.235 e. The molecule has 1 saturated heterocycles. The lowest BCUT2D eigenvalue weighted by Crippen LogP contribution is -2.38. The van der Waals surface area contributed by atoms with E-state index in [0.29, 0.717) is 24.3 Å². The molecule has 2 N–H and O–H groups in total. The Kier molecular flexibility index (Phi) is 5.82. The average Bonchev–Trinajstić information content (AvgIpc) is 2.47. The van der Waals surface area contributed by atoms with Crippen LogP contribution in [0.15, 0.2) is 18.2 Å². The molecule has 1 heterocycles. The molecular weight excluding hydrogens is 330 g/mol. The molecule has 1 aromatic rings. The summed E-state index contributed by atoms with van der Waals surface area (Å²) in [6, 6.07) is 5.18. The lowest BCUT2D eigenvalue weighted by molar-refractivity contribution is -0.119. The zero-order chi connectivity index (χ0) is 17.7. The Labute approximate surface area is 142 Å². The molecule has 0 aromatic heterocycles. The standard InChI is InChI=1S/C16H23N3O4S/c1-12-11-14(18-16(21)7-8-17-13(2)20)5-6-15(12)19-9-3-4-10-24(19,22)23/h5-6,11H,3-4,7-10H2,1-2H3,(H,17,20)(H,18,21). The molecule has 24 heavy (non-hydrogen) atoms. The molecule has 8 heteroatoms. The fraction of sp³-hybridized carbons (Fsp3) is 0.500. The van der Waals surface area contributed by atoms with Crippen LogP contribution in [-0.4, -0.2) is 39.1 Å². The summed E-state index contributed by atoms with van der Waals surface area (Å²) in [7, 11) is -3.25. The van der Waals surface area contributed by atoms with Crippen LogP contribution >= 0.6 is 0 Å². The number of rotatable bonds is 5. The van der Waals surface area contributed by atoms with Crippen LogP contribution < -0.4 is 14.9 Å². The Hall–Kier alpha value is -2.09. The van der Waals surface area contributed by atoms with E-state index in [0.717, 1.165) is 12.0 Å². The van der Waals surface area contributed by atoms with Crippen LogP contribution in [0.5, 0.6) is 0 Å². The first-order chi connectivity index (χ1) is 11.3. The van der Waals surface area contributed by atoms with Gasteiger partial charge in [0.2, 0.25) is 21.8 Å². The highest BCUT2D eigenvalue weighted by molar-refractivity contribution is 7.92. The first kappa shape index (κ1) is 18.3. The summed E-state index contributed by atoms with van der Waals surface area (Å²) in [5.41, 5.74) is 2.06. The molecule has 1 aliphatic rings. The van der Waals surface area contributed by atoms with Gasteiger partial charge in [0, 0.05) is 32.1 Å². The Bertz CT molecular complexity index is 731. The second kappa shape index (κ2) is 7.65. The molecule has 1 fully saturated rings. The highest BCUT2D eigenvalue weighted by atomic mass is 32.2. The maximum absolute atomic E-state index is 12.2. The third-order valence-electron chi connectivity index (χ3n) is 3.82. The van der Waals surface area contributed by atoms with Gasteiger partial charge in [-0.1, -0.05) is 0 Å². The van der Waals surface area contributed by atoms with E-state index in [9.17, 15) is 18.0 Å². The monoisotopic (exact) mass is 353 g/mol. The molecule has 0 bridgehead atoms. The quantitative estimate of drug-likeness (QED) is 0.836. The Morgan fingerprint density at radius 2 is 2.00 bits per heavy atom. The number of nitrogens with zero attached hydrogens (tertiary/aromatic N) is 1. The second-order valence-corrected chi connectivity index (χ2v) is 7.89. The van der Waals surface area contributed by atoms with Gasteiger partial charge in [-0.15, -0.1) is 0 Å². The third-order valence-corrected chi connectivity index (χ3v) is 5.68. The molecule has 0 spiro atoms. The van der Waals surface area contributed by atoms with Crippen LogP contribution in [0.4, 0.5) is 11.4 Å². The number of aryl methyl sites for hydroxylation is 1. The molecule has 7 nitrogen and oxygen atoms in total. The van der Waals surface area contributed by atoms with Crippen molar-refractivity contribution >= 4 is 33.2 Å². The molecule has 0 unspecified atom stereocenters. The van der Waals surface area contributed by atoms with Gasteiger partial charge in [0.25, 0.3) is 0 Å². The molecule has 2 rings (SSSR count). The summed E-state index contributed by atoms with van der Waals surface area (Å²) in [5, 5.41) is 5.31. The van der Waals surface area contributed by atoms with Crippen LogP contribution in [0, 0.1) is 6.92 Å². The van der Waals surface area contributed by atoms with Crippen molar-refractivity contribution < 1.29 is 18.0 Å². The molecule has 132 valence electrons. The van der Waals surface area contributed by atoms with Crippen molar-refractivity contribution in [2.75, 3.05) is 28.5 Å². The number of carbonyl (C=O) groups excluding carboxylic acids is 2. The molecule has 2 amide bonds. The number of hydrogen-bond donors (Lipinski definition) is 2. The number of anilines is 2. The highest BCUT2D eigenvalue weighted by Crippen LogP contribution is 2.28. The van der Waals surface area contributed by atoms with Crippen molar-refractivity contribution in [2.24, 2.45) is 0 Å². The van der Waals surface area contributed by atoms with E-state index in [-0.39, 0.29) is 30.5 Å². The summed E-state index contributed by atoms with van der Waals surface area (Å²) >= 11 is 0. The van der Waals surface area contributed by atoms with E-state index in [2.05, 4.69) is 10.6 Å². The van der Waals surface area contributed by atoms with Gasteiger partial charge >= 0.3 is 0 Å². The fourth-order valence-electron chi connectivity index (χ4n) is 2.65. The Morgan fingerprint density at radius 3 is 2.62 bits per heavy atom. The summed E-state index contributed by atoms with van der Waals surface area (Å²) in [5.74, 6) is -0.208. The number of amides is 2. The van der Waals surface area contributed by atoms with Crippen LogP contribution in [0.25, 0.3) is 0 Å². The first-order valence-corrected chi connectivity index (χ1v) is 9.56. The summed E-state index contributed by atoms with van der Waals surface area (Å²) in [6.45, 7) is 4.00. The summed E-state index contributed by atoms with van der Waals surface area (Å²) in [6.07, 6.45) is 1.72. The first-order valence-electron chi connectivity index (χ1n) is 7.95. The number of carbonyl (C=O) groups is 2. The largest absolute Gasteiger partial charge is 0.356 e. The van der Waals surface area contributed by atoms with Gasteiger partial charge in [0.1, 0.15) is 0 Å². The predicted octanol–water partition coefficient (Wildman–Crippen LogP) is 1.39. The Balaban J connectivity index is 2.04. The van der Waals surface area contributed by atoms with Gasteiger partial charge in [-0.3, -0.25) is 13.9 Å². The second-order valence-electron chi connectivity index (χ2n) is 5.88. The minimum atomic E-state index is -3.25. The van der Waals surface area contributed by atoms with E-state index in [1.165, 1.54) is 11.2 Å². The van der Waals surface area contributed by atoms with E-state index >= 15 is 0 Å². The SMILES string of the molecule is CC(=O)NCCC(=O)Nc1ccc(N2CCCCS2(=O)=O)c(C)c1. The van der Waals surface area contributed by atoms with Crippen LogP contribution in [0.1, 0.15) is 31.7 Å². The molecule has 1 aromatic carbocycles. The lowest BCUT2D eigenvalue weighted by Gasteiger charge is -2.29. The van der Waals surface area contributed by atoms with Crippen molar-refractivity contribution in [1.29, 1.82) is 0 Å². The lowest BCUT2D eigenvalue weighted by atomic mass is 10.1. The number of nitrogens with one attached hydrogen (secondary N) is 2. The minimum Gasteiger partial charge on any atom is -0.356 e. The van der Waals surface area contributed by atoms with Gasteiger partial charge in [-0.05, 0) is 43.5 Å². The molecule has 0 aliphatic carbocycles. The zero-order valence-electron chi connectivity index (χ0n) is 14.0. The topological polar surface area (TPSA) is 95.6 Å². The van der Waals surface area contributed by atoms with Gasteiger partial charge in [-0.2, -0.15) is 0 Å². The van der Waals surface area contributed by atoms with Gasteiger partial charge in [0.05, 0.1) is 11.4 Å². The van der Waals surface area contributed by atoms with Gasteiger partial charge in [0.15, 0.2) is 0 Å². The Morgan fingerprint density at radius 1 is 1.25 bits per heavy atom. The maximum Gasteiger partial charge on any atom is 0.235 e. The average molecular weight is 353 g/mol. The van der Waals surface area contributed by atoms with E-state index in [1.807, 2.05) is 6.92 Å². The predicted molar refractivity (Wildman–Crippen MR) is 93.5 cm³/mol. The zero-order valence-corrected chi connectivity index (χ0v) is 14.8. The molecular formula is C16H23N3O4S. The van der Waals surface area contributed by atoms with E-state index in [1.54, 1.807) is 18.2 Å². The number of sulfonamides is 1. The molecule has 0 radical (unpaired) electrons. The number of hydrogen-bond acceptors (Lipinski definition) is 4. The van der Waals surface area contributed by atoms with Gasteiger partial charge in [-0.25, -0.2) is 8.42 Å². The van der Waals surface area contributed by atoms with Crippen molar-refractivity contribution in [2.45, 2.75) is 33.1 Å². The van der Waals surface area contributed by atoms with Crippen LogP contribution in [0.3, 0.4) is 0 Å². The van der Waals surface area contributed by atoms with E-state index in [4.69, 9.17) is 0 Å². The van der Waals surface area contributed by atoms with Gasteiger partial charge < -0.3 is 10.6 Å². The summed E-state index contributed by atoms with van der Waals surface area (Å²) < 4.78 is 25.8. The summed E-state index contributed by atoms with van der Waals surface area (Å²) in [4.78, 5) is 22.6. The molecule has 0 saturated carbocycles. The maximum atomic E-state index is 12.2. The van der Waals surface area contributed by atoms with Crippen LogP contribution in [-0.2, 0) is 19.6 Å². The van der Waals surface area contributed by atoms with E-state index < -0.39 is 10.0 Å². The normalized spacial score (nSPS) is 16.5. The minimum absolute atomic E-state index is 0.175. The highest BCUT2D eigenvalue weighted by Gasteiger charge is 2.27. The molecule has 0 atom stereocenters. The van der Waals surface area contributed by atoms with Crippen molar-refractivity contribution in [3.05, 3.63) is 23.8 Å². The third kappa shape index (κ3) is 4.70. The van der Waals surface area contributed by atoms with Crippen molar-refractivity contribution in [3.8, 4) is 0 Å². The van der Waals surface area contributed by atoms with Crippen LogP contribution in [0.2, 0.25) is 0 Å². The number of benzene rings is 1. The van der Waals surface area contributed by atoms with Crippen molar-refractivity contribution in [1.82, 2.24) is 5.32 Å².